The third-order valence-electron chi connectivity index (χ3n) is 4.60. The Morgan fingerprint density at radius 1 is 1.12 bits per heavy atom. The highest BCUT2D eigenvalue weighted by atomic mass is 35.5. The number of carbonyl (C=O) groups is 2. The van der Waals surface area contributed by atoms with Gasteiger partial charge in [-0.05, 0) is 25.0 Å². The standard InChI is InChI=1S/C14H17ClN2O5S2/c15-11-3-4-12(23-11)24(21,22)17-7-5-16(6-8-17)13(18)9-1-2-10(9)14(19)20/h3-4,9-10H,1-2,5-8H2,(H,19,20). The van der Waals surface area contributed by atoms with Gasteiger partial charge in [-0.15, -0.1) is 11.3 Å². The molecule has 0 bridgehead atoms. The van der Waals surface area contributed by atoms with Gasteiger partial charge < -0.3 is 10.0 Å². The van der Waals surface area contributed by atoms with E-state index in [0.717, 1.165) is 11.3 Å². The third kappa shape index (κ3) is 3.17. The molecule has 1 aromatic rings. The Morgan fingerprint density at radius 3 is 2.21 bits per heavy atom. The Bertz CT molecular complexity index is 755. The van der Waals surface area contributed by atoms with Crippen LogP contribution in [0.4, 0.5) is 0 Å². The predicted octanol–water partition coefficient (Wildman–Crippen LogP) is 1.35. The normalized spacial score (nSPS) is 25.3. The lowest BCUT2D eigenvalue weighted by Crippen LogP contribution is -2.54. The van der Waals surface area contributed by atoms with E-state index in [1.807, 2.05) is 0 Å². The highest BCUT2D eigenvalue weighted by Crippen LogP contribution is 2.36. The minimum atomic E-state index is -3.59. The molecule has 7 nitrogen and oxygen atoms in total. The van der Waals surface area contributed by atoms with Gasteiger partial charge >= 0.3 is 5.97 Å². The monoisotopic (exact) mass is 392 g/mol. The first-order chi connectivity index (χ1) is 11.3. The van der Waals surface area contributed by atoms with Crippen molar-refractivity contribution in [2.24, 2.45) is 11.8 Å². The van der Waals surface area contributed by atoms with Crippen LogP contribution in [-0.2, 0) is 19.6 Å². The van der Waals surface area contributed by atoms with Crippen LogP contribution in [-0.4, -0.2) is 60.8 Å². The molecule has 0 spiro atoms. The minimum absolute atomic E-state index is 0.176. The number of sulfonamides is 1. The van der Waals surface area contributed by atoms with E-state index in [4.69, 9.17) is 16.7 Å². The SMILES string of the molecule is O=C(O)C1CCC1C(=O)N1CCN(S(=O)(=O)c2ccc(Cl)s2)CC1. The Morgan fingerprint density at radius 2 is 1.75 bits per heavy atom. The molecular formula is C14H17ClN2O5S2. The van der Waals surface area contributed by atoms with Crippen LogP contribution in [0.25, 0.3) is 0 Å². The van der Waals surface area contributed by atoms with Crippen molar-refractivity contribution >= 4 is 44.8 Å². The van der Waals surface area contributed by atoms with Crippen LogP contribution in [0.2, 0.25) is 4.34 Å². The summed E-state index contributed by atoms with van der Waals surface area (Å²) in [6.07, 6.45) is 1.11. The van der Waals surface area contributed by atoms with Crippen molar-refractivity contribution < 1.29 is 23.1 Å². The van der Waals surface area contributed by atoms with E-state index in [0.29, 0.717) is 17.2 Å². The van der Waals surface area contributed by atoms with Gasteiger partial charge in [-0.1, -0.05) is 11.6 Å². The minimum Gasteiger partial charge on any atom is -0.481 e. The van der Waals surface area contributed by atoms with Crippen LogP contribution in [0.3, 0.4) is 0 Å². The lowest BCUT2D eigenvalue weighted by atomic mass is 9.73. The topological polar surface area (TPSA) is 95.0 Å². The summed E-state index contributed by atoms with van der Waals surface area (Å²) in [6.45, 7) is 0.960. The van der Waals surface area contributed by atoms with Crippen LogP contribution in [0.1, 0.15) is 12.8 Å². The number of halogens is 1. The van der Waals surface area contributed by atoms with E-state index in [1.165, 1.54) is 10.4 Å². The molecule has 1 aromatic heterocycles. The second-order valence-corrected chi connectivity index (χ2v) is 9.80. The van der Waals surface area contributed by atoms with Gasteiger partial charge in [0.2, 0.25) is 5.91 Å². The summed E-state index contributed by atoms with van der Waals surface area (Å²) in [4.78, 5) is 25.0. The fourth-order valence-corrected chi connectivity index (χ4v) is 6.10. The van der Waals surface area contributed by atoms with Crippen molar-refractivity contribution in [1.82, 2.24) is 9.21 Å². The molecular weight excluding hydrogens is 376 g/mol. The number of piperazine rings is 1. The number of hydrogen-bond donors (Lipinski definition) is 1. The number of aliphatic carboxylic acids is 1. The largest absolute Gasteiger partial charge is 0.481 e. The van der Waals surface area contributed by atoms with Crippen molar-refractivity contribution in [3.63, 3.8) is 0 Å². The van der Waals surface area contributed by atoms with Crippen molar-refractivity contribution in [1.29, 1.82) is 0 Å². The zero-order valence-electron chi connectivity index (χ0n) is 12.7. The van der Waals surface area contributed by atoms with E-state index in [1.54, 1.807) is 11.0 Å². The Balaban J connectivity index is 1.62. The van der Waals surface area contributed by atoms with Crippen LogP contribution in [0, 0.1) is 11.8 Å². The first-order valence-electron chi connectivity index (χ1n) is 7.58. The molecule has 0 radical (unpaired) electrons. The van der Waals surface area contributed by atoms with Gasteiger partial charge in [0.15, 0.2) is 0 Å². The average molecular weight is 393 g/mol. The Hall–Kier alpha value is -1.16. The van der Waals surface area contributed by atoms with Crippen LogP contribution >= 0.6 is 22.9 Å². The first-order valence-corrected chi connectivity index (χ1v) is 10.2. The first kappa shape index (κ1) is 17.7. The molecule has 2 fully saturated rings. The van der Waals surface area contributed by atoms with Crippen LogP contribution in [0.15, 0.2) is 16.3 Å². The molecule has 24 heavy (non-hydrogen) atoms. The van der Waals surface area contributed by atoms with Gasteiger partial charge in [0.05, 0.1) is 16.2 Å². The number of carboxylic acids is 1. The molecule has 2 heterocycles. The molecule has 1 amide bonds. The highest BCUT2D eigenvalue weighted by Gasteiger charge is 2.44. The van der Waals surface area contributed by atoms with Gasteiger partial charge in [0, 0.05) is 26.2 Å². The molecule has 132 valence electrons. The van der Waals surface area contributed by atoms with Crippen LogP contribution in [0.5, 0.6) is 0 Å². The van der Waals surface area contributed by atoms with E-state index < -0.39 is 27.8 Å². The summed E-state index contributed by atoms with van der Waals surface area (Å²) in [5.41, 5.74) is 0. The van der Waals surface area contributed by atoms with Gasteiger partial charge in [-0.3, -0.25) is 9.59 Å². The van der Waals surface area contributed by atoms with Gasteiger partial charge in [-0.25, -0.2) is 8.42 Å². The number of carbonyl (C=O) groups excluding carboxylic acids is 1. The van der Waals surface area contributed by atoms with Crippen molar-refractivity contribution in [2.75, 3.05) is 26.2 Å². The van der Waals surface area contributed by atoms with Gasteiger partial charge in [0.25, 0.3) is 10.0 Å². The second-order valence-electron chi connectivity index (χ2n) is 5.92. The van der Waals surface area contributed by atoms with E-state index in [2.05, 4.69) is 0 Å². The smallest absolute Gasteiger partial charge is 0.307 e. The zero-order chi connectivity index (χ0) is 17.5. The number of rotatable bonds is 4. The van der Waals surface area contributed by atoms with Crippen LogP contribution < -0.4 is 0 Å². The lowest BCUT2D eigenvalue weighted by Gasteiger charge is -2.39. The summed E-state index contributed by atoms with van der Waals surface area (Å²) in [6, 6.07) is 3.02. The number of carboxylic acid groups (broad SMARTS) is 1. The van der Waals surface area contributed by atoms with Crippen molar-refractivity contribution in [3.05, 3.63) is 16.5 Å². The maximum absolute atomic E-state index is 12.5. The van der Waals surface area contributed by atoms with E-state index >= 15 is 0 Å². The maximum atomic E-state index is 12.5. The maximum Gasteiger partial charge on any atom is 0.307 e. The van der Waals surface area contributed by atoms with Crippen molar-refractivity contribution in [3.8, 4) is 0 Å². The second kappa shape index (κ2) is 6.62. The fraction of sp³-hybridized carbons (Fsp3) is 0.571. The Labute approximate surface area is 148 Å². The molecule has 1 saturated heterocycles. The molecule has 2 aliphatic rings. The molecule has 2 unspecified atom stereocenters. The summed E-state index contributed by atoms with van der Waals surface area (Å²) in [5, 5.41) is 9.06. The predicted molar refractivity (Wildman–Crippen MR) is 88.5 cm³/mol. The molecule has 1 aliphatic carbocycles. The van der Waals surface area contributed by atoms with E-state index in [-0.39, 0.29) is 36.3 Å². The number of thiophene rings is 1. The molecule has 1 N–H and O–H groups in total. The fourth-order valence-electron chi connectivity index (χ4n) is 3.04. The molecule has 0 aromatic carbocycles. The summed E-state index contributed by atoms with van der Waals surface area (Å²) >= 11 is 6.81. The number of nitrogens with zero attached hydrogens (tertiary/aromatic N) is 2. The quantitative estimate of drug-likeness (QED) is 0.834. The summed E-state index contributed by atoms with van der Waals surface area (Å²) < 4.78 is 27.0. The summed E-state index contributed by atoms with van der Waals surface area (Å²) in [7, 11) is -3.59. The Kier molecular flexibility index (Phi) is 4.87. The number of amides is 1. The molecule has 3 rings (SSSR count). The van der Waals surface area contributed by atoms with Gasteiger partial charge in [0.1, 0.15) is 4.21 Å². The zero-order valence-corrected chi connectivity index (χ0v) is 15.1. The third-order valence-corrected chi connectivity index (χ3v) is 8.20. The molecule has 1 saturated carbocycles. The summed E-state index contributed by atoms with van der Waals surface area (Å²) in [5.74, 6) is -2.19. The molecule has 10 heteroatoms. The average Bonchev–Trinajstić information content (AvgIpc) is 2.93. The number of hydrogen-bond acceptors (Lipinski definition) is 5. The van der Waals surface area contributed by atoms with E-state index in [9.17, 15) is 18.0 Å². The molecule has 1 aliphatic heterocycles. The highest BCUT2D eigenvalue weighted by molar-refractivity contribution is 7.91. The van der Waals surface area contributed by atoms with Crippen molar-refractivity contribution in [2.45, 2.75) is 17.1 Å². The van der Waals surface area contributed by atoms with Gasteiger partial charge in [-0.2, -0.15) is 4.31 Å². The molecule has 2 atom stereocenters. The lowest BCUT2D eigenvalue weighted by molar-refractivity contribution is -0.157.